The minimum atomic E-state index is 0.480. The molecule has 0 aliphatic heterocycles. The first-order valence-electron chi connectivity index (χ1n) is 7.20. The van der Waals surface area contributed by atoms with Gasteiger partial charge in [-0.2, -0.15) is 5.10 Å². The largest absolute Gasteiger partial charge is 0.331 e. The monoisotopic (exact) mass is 311 g/mol. The lowest BCUT2D eigenvalue weighted by Gasteiger charge is -2.10. The van der Waals surface area contributed by atoms with Crippen molar-refractivity contribution in [2.75, 3.05) is 5.32 Å². The first-order valence-corrected chi connectivity index (χ1v) is 7.61. The molecule has 0 heterocycles. The molecule has 4 heteroatoms. The SMILES string of the molecule is Cc1ccc(NC(=S)NN=Cc2cc(C)ccc2C)c(C)c1. The third kappa shape index (κ3) is 4.40. The minimum absolute atomic E-state index is 0.480. The summed E-state index contributed by atoms with van der Waals surface area (Å²) in [6.45, 7) is 8.25. The Labute approximate surface area is 137 Å². The Bertz CT molecular complexity index is 720. The molecule has 0 radical (unpaired) electrons. The molecule has 0 fully saturated rings. The lowest BCUT2D eigenvalue weighted by atomic mass is 10.1. The molecule has 114 valence electrons. The van der Waals surface area contributed by atoms with Crippen LogP contribution in [0.3, 0.4) is 0 Å². The van der Waals surface area contributed by atoms with Crippen molar-refractivity contribution in [3.05, 3.63) is 64.2 Å². The van der Waals surface area contributed by atoms with Crippen LogP contribution in [0.4, 0.5) is 5.69 Å². The number of nitrogens with zero attached hydrogens (tertiary/aromatic N) is 1. The van der Waals surface area contributed by atoms with E-state index in [0.717, 1.165) is 16.8 Å². The second-order valence-electron chi connectivity index (χ2n) is 5.50. The van der Waals surface area contributed by atoms with Gasteiger partial charge in [0, 0.05) is 5.69 Å². The van der Waals surface area contributed by atoms with Crippen LogP contribution in [0.25, 0.3) is 0 Å². The highest BCUT2D eigenvalue weighted by Crippen LogP contribution is 2.15. The van der Waals surface area contributed by atoms with Crippen LogP contribution < -0.4 is 10.7 Å². The second-order valence-corrected chi connectivity index (χ2v) is 5.91. The number of anilines is 1. The summed E-state index contributed by atoms with van der Waals surface area (Å²) >= 11 is 5.27. The molecule has 2 rings (SSSR count). The highest BCUT2D eigenvalue weighted by atomic mass is 32.1. The molecule has 0 spiro atoms. The molecule has 2 aromatic carbocycles. The summed E-state index contributed by atoms with van der Waals surface area (Å²) in [6, 6.07) is 12.5. The van der Waals surface area contributed by atoms with Crippen molar-refractivity contribution in [1.82, 2.24) is 5.43 Å². The predicted molar refractivity (Wildman–Crippen MR) is 98.8 cm³/mol. The van der Waals surface area contributed by atoms with E-state index >= 15 is 0 Å². The molecular formula is C18H21N3S. The highest BCUT2D eigenvalue weighted by Gasteiger charge is 2.00. The topological polar surface area (TPSA) is 36.4 Å². The Morgan fingerprint density at radius 3 is 2.36 bits per heavy atom. The number of benzene rings is 2. The third-order valence-electron chi connectivity index (χ3n) is 3.43. The van der Waals surface area contributed by atoms with Crippen LogP contribution >= 0.6 is 12.2 Å². The molecule has 0 saturated carbocycles. The molecule has 22 heavy (non-hydrogen) atoms. The van der Waals surface area contributed by atoms with Crippen LogP contribution in [0.1, 0.15) is 27.8 Å². The van der Waals surface area contributed by atoms with Crippen molar-refractivity contribution < 1.29 is 0 Å². The maximum absolute atomic E-state index is 5.27. The van der Waals surface area contributed by atoms with E-state index in [-0.39, 0.29) is 0 Å². The molecule has 0 unspecified atom stereocenters. The van der Waals surface area contributed by atoms with Crippen molar-refractivity contribution in [3.63, 3.8) is 0 Å². The van der Waals surface area contributed by atoms with E-state index in [2.05, 4.69) is 73.9 Å². The lowest BCUT2D eigenvalue weighted by Crippen LogP contribution is -2.24. The van der Waals surface area contributed by atoms with Crippen LogP contribution in [0, 0.1) is 27.7 Å². The van der Waals surface area contributed by atoms with Crippen molar-refractivity contribution >= 4 is 29.2 Å². The van der Waals surface area contributed by atoms with Crippen LogP contribution in [-0.2, 0) is 0 Å². The second kappa shape index (κ2) is 7.18. The summed E-state index contributed by atoms with van der Waals surface area (Å²) in [5, 5.41) is 7.84. The fourth-order valence-electron chi connectivity index (χ4n) is 2.16. The molecule has 0 bridgehead atoms. The number of nitrogens with one attached hydrogen (secondary N) is 2. The molecule has 2 N–H and O–H groups in total. The van der Waals surface area contributed by atoms with Crippen molar-refractivity contribution in [2.45, 2.75) is 27.7 Å². The quantitative estimate of drug-likeness (QED) is 0.506. The Hall–Kier alpha value is -2.20. The fourth-order valence-corrected chi connectivity index (χ4v) is 2.33. The minimum Gasteiger partial charge on any atom is -0.331 e. The summed E-state index contributed by atoms with van der Waals surface area (Å²) in [5.41, 5.74) is 9.72. The van der Waals surface area contributed by atoms with Gasteiger partial charge in [0.1, 0.15) is 0 Å². The van der Waals surface area contributed by atoms with Crippen molar-refractivity contribution in [1.29, 1.82) is 0 Å². The van der Waals surface area contributed by atoms with Crippen LogP contribution in [0.2, 0.25) is 0 Å². The highest BCUT2D eigenvalue weighted by molar-refractivity contribution is 7.80. The van der Waals surface area contributed by atoms with Gasteiger partial charge in [-0.1, -0.05) is 41.5 Å². The smallest absolute Gasteiger partial charge is 0.191 e. The molecule has 0 aliphatic carbocycles. The van der Waals surface area contributed by atoms with Gasteiger partial charge < -0.3 is 5.32 Å². The third-order valence-corrected chi connectivity index (χ3v) is 3.63. The Morgan fingerprint density at radius 2 is 1.64 bits per heavy atom. The molecular weight excluding hydrogens is 290 g/mol. The molecule has 3 nitrogen and oxygen atoms in total. The number of aryl methyl sites for hydroxylation is 4. The van der Waals surface area contributed by atoms with Gasteiger partial charge >= 0.3 is 0 Å². The summed E-state index contributed by atoms with van der Waals surface area (Å²) in [4.78, 5) is 0. The summed E-state index contributed by atoms with van der Waals surface area (Å²) in [7, 11) is 0. The lowest BCUT2D eigenvalue weighted by molar-refractivity contribution is 1.05. The van der Waals surface area contributed by atoms with E-state index in [9.17, 15) is 0 Å². The van der Waals surface area contributed by atoms with Gasteiger partial charge in [0.05, 0.1) is 6.21 Å². The maximum atomic E-state index is 5.27. The fraction of sp³-hybridized carbons (Fsp3) is 0.222. The van der Waals surface area contributed by atoms with Gasteiger partial charge in [-0.3, -0.25) is 5.43 Å². The van der Waals surface area contributed by atoms with Crippen LogP contribution in [0.5, 0.6) is 0 Å². The molecule has 0 aliphatic rings. The standard InChI is InChI=1S/C18H21N3S/c1-12-6-8-17(15(4)9-12)20-18(22)21-19-11-16-10-13(2)5-7-14(16)3/h5-11H,1-4H3,(H2,20,21,22). The van der Waals surface area contributed by atoms with Gasteiger partial charge in [-0.05, 0) is 62.7 Å². The molecule has 0 aromatic heterocycles. The predicted octanol–water partition coefficient (Wildman–Crippen LogP) is 4.24. The van der Waals surface area contributed by atoms with Gasteiger partial charge in [-0.15, -0.1) is 0 Å². The van der Waals surface area contributed by atoms with Crippen LogP contribution in [0.15, 0.2) is 41.5 Å². The average molecular weight is 311 g/mol. The van der Waals surface area contributed by atoms with Crippen molar-refractivity contribution in [2.24, 2.45) is 5.10 Å². The van der Waals surface area contributed by atoms with Crippen molar-refractivity contribution in [3.8, 4) is 0 Å². The molecule has 0 atom stereocenters. The molecule has 0 saturated heterocycles. The Balaban J connectivity index is 1.98. The first-order chi connectivity index (χ1) is 10.5. The van der Waals surface area contributed by atoms with Crippen LogP contribution in [-0.4, -0.2) is 11.3 Å². The summed E-state index contributed by atoms with van der Waals surface area (Å²) < 4.78 is 0. The normalized spacial score (nSPS) is 10.7. The van der Waals surface area contributed by atoms with E-state index in [1.165, 1.54) is 16.7 Å². The van der Waals surface area contributed by atoms with E-state index in [1.807, 2.05) is 6.07 Å². The van der Waals surface area contributed by atoms with E-state index in [0.29, 0.717) is 5.11 Å². The number of rotatable bonds is 3. The zero-order chi connectivity index (χ0) is 16.1. The Morgan fingerprint density at radius 1 is 0.955 bits per heavy atom. The number of hydrogen-bond donors (Lipinski definition) is 2. The molecule has 2 aromatic rings. The van der Waals surface area contributed by atoms with Gasteiger partial charge in [0.2, 0.25) is 0 Å². The number of hydrazone groups is 1. The van der Waals surface area contributed by atoms with E-state index < -0.39 is 0 Å². The summed E-state index contributed by atoms with van der Waals surface area (Å²) in [5.74, 6) is 0. The zero-order valence-electron chi connectivity index (χ0n) is 13.4. The average Bonchev–Trinajstić information content (AvgIpc) is 2.46. The Kier molecular flexibility index (Phi) is 5.28. The van der Waals surface area contributed by atoms with Gasteiger partial charge in [-0.25, -0.2) is 0 Å². The maximum Gasteiger partial charge on any atom is 0.191 e. The van der Waals surface area contributed by atoms with Gasteiger partial charge in [0.15, 0.2) is 5.11 Å². The van der Waals surface area contributed by atoms with Gasteiger partial charge in [0.25, 0.3) is 0 Å². The van der Waals surface area contributed by atoms with E-state index in [4.69, 9.17) is 12.2 Å². The number of hydrogen-bond acceptors (Lipinski definition) is 2. The molecule has 0 amide bonds. The first kappa shape index (κ1) is 16.2. The zero-order valence-corrected chi connectivity index (χ0v) is 14.2. The summed E-state index contributed by atoms with van der Waals surface area (Å²) in [6.07, 6.45) is 1.79. The van der Waals surface area contributed by atoms with E-state index in [1.54, 1.807) is 6.21 Å². The number of thiocarbonyl (C=S) groups is 1.